The Morgan fingerprint density at radius 2 is 1.47 bits per heavy atom. The van der Waals surface area contributed by atoms with Crippen LogP contribution in [0.2, 0.25) is 0 Å². The molecular weight excluding hydrogens is 434 g/mol. The Morgan fingerprint density at radius 3 is 2.16 bits per heavy atom. The van der Waals surface area contributed by atoms with E-state index in [4.69, 9.17) is 0 Å². The van der Waals surface area contributed by atoms with Crippen molar-refractivity contribution in [3.63, 3.8) is 0 Å². The van der Waals surface area contributed by atoms with Crippen molar-refractivity contribution in [3.8, 4) is 5.69 Å². The van der Waals surface area contributed by atoms with Gasteiger partial charge in [0.2, 0.25) is 0 Å². The van der Waals surface area contributed by atoms with Crippen molar-refractivity contribution in [3.05, 3.63) is 101 Å². The molecule has 0 fully saturated rings. The largest absolute Gasteiger partial charge is 0.333 e. The maximum absolute atomic E-state index is 4.63. The molecule has 0 radical (unpaired) electrons. The number of hydrogen-bond acceptors (Lipinski definition) is 5. The number of thiazole rings is 1. The number of para-hydroxylation sites is 3. The lowest BCUT2D eigenvalue weighted by Gasteiger charge is -2.12. The summed E-state index contributed by atoms with van der Waals surface area (Å²) >= 11 is 3.28. The fraction of sp³-hybridized carbons (Fsp3) is 0.0800. The number of nitrogens with zero attached hydrogens (tertiary/aromatic N) is 5. The van der Waals surface area contributed by atoms with Crippen molar-refractivity contribution in [1.82, 2.24) is 24.3 Å². The molecule has 7 heteroatoms. The Kier molecular flexibility index (Phi) is 4.97. The van der Waals surface area contributed by atoms with E-state index in [1.165, 1.54) is 21.8 Å². The average Bonchev–Trinajstić information content (AvgIpc) is 3.58. The summed E-state index contributed by atoms with van der Waals surface area (Å²) in [5.41, 5.74) is 6.40. The second-order valence-electron chi connectivity index (χ2n) is 7.46. The molecule has 0 N–H and O–H groups in total. The molecule has 0 saturated heterocycles. The normalized spacial score (nSPS) is 11.5. The zero-order valence-corrected chi connectivity index (χ0v) is 18.8. The lowest BCUT2D eigenvalue weighted by atomic mass is 10.2. The SMILES string of the molecule is c1ccc(-n2c(Cn3c4ccccc4c4ccccc43)nnc2SCc2cscn2)cc1. The van der Waals surface area contributed by atoms with Gasteiger partial charge >= 0.3 is 0 Å². The zero-order chi connectivity index (χ0) is 21.3. The van der Waals surface area contributed by atoms with Crippen LogP contribution in [0, 0.1) is 0 Å². The van der Waals surface area contributed by atoms with E-state index >= 15 is 0 Å². The topological polar surface area (TPSA) is 48.5 Å². The van der Waals surface area contributed by atoms with Crippen molar-refractivity contribution >= 4 is 44.9 Å². The molecule has 0 aliphatic carbocycles. The van der Waals surface area contributed by atoms with Gasteiger partial charge in [0.15, 0.2) is 11.0 Å². The van der Waals surface area contributed by atoms with E-state index in [1.807, 2.05) is 11.6 Å². The Morgan fingerprint density at radius 1 is 0.781 bits per heavy atom. The Bertz CT molecular complexity index is 1450. The predicted octanol–water partition coefficient (Wildman–Crippen LogP) is 6.17. The van der Waals surface area contributed by atoms with Crippen LogP contribution in [0.4, 0.5) is 0 Å². The second kappa shape index (κ2) is 8.26. The first-order chi connectivity index (χ1) is 15.9. The summed E-state index contributed by atoms with van der Waals surface area (Å²) in [5.74, 6) is 1.67. The molecular formula is C25H19N5S2. The van der Waals surface area contributed by atoms with E-state index < -0.39 is 0 Å². The maximum Gasteiger partial charge on any atom is 0.196 e. The van der Waals surface area contributed by atoms with Crippen molar-refractivity contribution in [1.29, 1.82) is 0 Å². The van der Waals surface area contributed by atoms with Crippen LogP contribution in [-0.4, -0.2) is 24.3 Å². The first-order valence-electron chi connectivity index (χ1n) is 10.3. The van der Waals surface area contributed by atoms with E-state index in [0.29, 0.717) is 6.54 Å². The fourth-order valence-corrected chi connectivity index (χ4v) is 5.63. The van der Waals surface area contributed by atoms with E-state index in [0.717, 1.165) is 28.1 Å². The lowest BCUT2D eigenvalue weighted by molar-refractivity contribution is 0.753. The molecule has 0 unspecified atom stereocenters. The summed E-state index contributed by atoms with van der Waals surface area (Å²) in [6, 6.07) is 27.4. The third kappa shape index (κ3) is 3.39. The Balaban J connectivity index is 1.46. The number of hydrogen-bond donors (Lipinski definition) is 0. The highest BCUT2D eigenvalue weighted by Gasteiger charge is 2.18. The number of rotatable bonds is 6. The molecule has 5 nitrogen and oxygen atoms in total. The number of fused-ring (bicyclic) bond motifs is 3. The first kappa shape index (κ1) is 19.3. The van der Waals surface area contributed by atoms with Gasteiger partial charge in [-0.25, -0.2) is 4.98 Å². The number of benzene rings is 3. The highest BCUT2D eigenvalue weighted by atomic mass is 32.2. The third-order valence-electron chi connectivity index (χ3n) is 5.53. The molecule has 6 aromatic rings. The van der Waals surface area contributed by atoms with Crippen molar-refractivity contribution in [2.75, 3.05) is 0 Å². The van der Waals surface area contributed by atoms with E-state index in [2.05, 4.69) is 102 Å². The molecule has 32 heavy (non-hydrogen) atoms. The standard InChI is InChI=1S/C25H19N5S2/c1-2-8-19(9-3-1)30-24(27-28-25(30)32-16-18-15-31-17-26-18)14-29-22-12-6-4-10-20(22)21-11-5-7-13-23(21)29/h1-13,15,17H,14,16H2. The van der Waals surface area contributed by atoms with E-state index in [1.54, 1.807) is 23.1 Å². The summed E-state index contributed by atoms with van der Waals surface area (Å²) in [7, 11) is 0. The molecule has 3 heterocycles. The molecule has 0 bridgehead atoms. The van der Waals surface area contributed by atoms with Gasteiger partial charge in [-0.15, -0.1) is 21.5 Å². The smallest absolute Gasteiger partial charge is 0.196 e. The zero-order valence-electron chi connectivity index (χ0n) is 17.1. The third-order valence-corrected chi connectivity index (χ3v) is 7.12. The van der Waals surface area contributed by atoms with Crippen LogP contribution in [-0.2, 0) is 12.3 Å². The fourth-order valence-electron chi connectivity index (χ4n) is 4.09. The molecule has 156 valence electrons. The van der Waals surface area contributed by atoms with Gasteiger partial charge < -0.3 is 4.57 Å². The van der Waals surface area contributed by atoms with Crippen molar-refractivity contribution in [2.45, 2.75) is 17.5 Å². The van der Waals surface area contributed by atoms with Gasteiger partial charge in [0.25, 0.3) is 0 Å². The van der Waals surface area contributed by atoms with Crippen LogP contribution in [0.15, 0.2) is 94.9 Å². The van der Waals surface area contributed by atoms with Crippen LogP contribution >= 0.6 is 23.1 Å². The molecule has 0 spiro atoms. The van der Waals surface area contributed by atoms with Gasteiger partial charge in [-0.05, 0) is 24.3 Å². The van der Waals surface area contributed by atoms with E-state index in [-0.39, 0.29) is 0 Å². The lowest BCUT2D eigenvalue weighted by Crippen LogP contribution is -2.08. The molecule has 0 aliphatic rings. The van der Waals surface area contributed by atoms with E-state index in [9.17, 15) is 0 Å². The van der Waals surface area contributed by atoms with Gasteiger partial charge in [0, 0.05) is 38.6 Å². The summed E-state index contributed by atoms with van der Waals surface area (Å²) < 4.78 is 4.50. The van der Waals surface area contributed by atoms with Gasteiger partial charge in [0.1, 0.15) is 0 Å². The Labute approximate surface area is 193 Å². The molecule has 0 saturated carbocycles. The highest BCUT2D eigenvalue weighted by Crippen LogP contribution is 2.31. The molecule has 0 aliphatic heterocycles. The molecule has 3 aromatic heterocycles. The monoisotopic (exact) mass is 453 g/mol. The maximum atomic E-state index is 4.63. The highest BCUT2D eigenvalue weighted by molar-refractivity contribution is 7.98. The van der Waals surface area contributed by atoms with Crippen molar-refractivity contribution < 1.29 is 0 Å². The van der Waals surface area contributed by atoms with Crippen LogP contribution < -0.4 is 0 Å². The van der Waals surface area contributed by atoms with Crippen LogP contribution in [0.5, 0.6) is 0 Å². The molecule has 6 rings (SSSR count). The number of thioether (sulfide) groups is 1. The predicted molar refractivity (Wildman–Crippen MR) is 132 cm³/mol. The van der Waals surface area contributed by atoms with Gasteiger partial charge in [-0.3, -0.25) is 4.57 Å². The molecule has 3 aromatic carbocycles. The van der Waals surface area contributed by atoms with Gasteiger partial charge in [0.05, 0.1) is 17.7 Å². The van der Waals surface area contributed by atoms with Crippen LogP contribution in [0.25, 0.3) is 27.5 Å². The van der Waals surface area contributed by atoms with Crippen LogP contribution in [0.3, 0.4) is 0 Å². The minimum absolute atomic E-state index is 0.632. The average molecular weight is 454 g/mol. The minimum Gasteiger partial charge on any atom is -0.333 e. The van der Waals surface area contributed by atoms with Gasteiger partial charge in [-0.1, -0.05) is 66.4 Å². The van der Waals surface area contributed by atoms with Gasteiger partial charge in [-0.2, -0.15) is 0 Å². The summed E-state index contributed by atoms with van der Waals surface area (Å²) in [4.78, 5) is 4.41. The summed E-state index contributed by atoms with van der Waals surface area (Å²) in [5, 5.41) is 14.7. The number of aromatic nitrogens is 5. The summed E-state index contributed by atoms with van der Waals surface area (Å²) in [6.45, 7) is 0.632. The van der Waals surface area contributed by atoms with Crippen molar-refractivity contribution in [2.24, 2.45) is 0 Å². The Hall–Kier alpha value is -3.42. The second-order valence-corrected chi connectivity index (χ2v) is 9.12. The summed E-state index contributed by atoms with van der Waals surface area (Å²) in [6.07, 6.45) is 0. The first-order valence-corrected chi connectivity index (χ1v) is 12.3. The van der Waals surface area contributed by atoms with Crippen LogP contribution in [0.1, 0.15) is 11.5 Å². The quantitative estimate of drug-likeness (QED) is 0.283. The molecule has 0 atom stereocenters. The molecule has 0 amide bonds. The minimum atomic E-state index is 0.632.